The average molecular weight is 497 g/mol. The molecule has 6 heteroatoms. The predicted octanol–water partition coefficient (Wildman–Crippen LogP) is 4.21. The summed E-state index contributed by atoms with van der Waals surface area (Å²) in [5.74, 6) is 1.15. The lowest BCUT2D eigenvalue weighted by atomic mass is 9.89. The molecule has 0 bridgehead atoms. The molecule has 3 aliphatic rings. The SMILES string of the molecule is Cc1cccc(CN(C(=O)CC(C)(C)C)C2CC(C(=O)N3CCNCC3)N(CC3CCCCC3)C2)c1. The number of hydrogen-bond donors (Lipinski definition) is 1. The molecule has 1 aromatic carbocycles. The zero-order chi connectivity index (χ0) is 25.7. The van der Waals surface area contributed by atoms with E-state index < -0.39 is 0 Å². The first-order chi connectivity index (χ1) is 17.2. The number of nitrogens with one attached hydrogen (secondary N) is 1. The van der Waals surface area contributed by atoms with Crippen LogP contribution >= 0.6 is 0 Å². The first kappa shape index (κ1) is 27.1. The first-order valence-corrected chi connectivity index (χ1v) is 14.3. The fourth-order valence-electron chi connectivity index (χ4n) is 6.34. The van der Waals surface area contributed by atoms with Crippen molar-refractivity contribution in [3.05, 3.63) is 35.4 Å². The standard InChI is InChI=1S/C30H48N4O2/c1-23-9-8-12-25(17-23)21-34(28(35)19-30(2,3)4)26-18-27(29(36)32-15-13-31-14-16-32)33(22-26)20-24-10-6-5-7-11-24/h8-9,12,17,24,26-27,31H,5-7,10-11,13-16,18-22H2,1-4H3. The fraction of sp³-hybridized carbons (Fsp3) is 0.733. The van der Waals surface area contributed by atoms with Crippen LogP contribution < -0.4 is 5.32 Å². The lowest BCUT2D eigenvalue weighted by molar-refractivity contribution is -0.138. The number of hydrogen-bond acceptors (Lipinski definition) is 4. The van der Waals surface area contributed by atoms with E-state index in [0.29, 0.717) is 18.9 Å². The Hall–Kier alpha value is -1.92. The second kappa shape index (κ2) is 12.1. The minimum atomic E-state index is -0.113. The molecule has 1 aromatic rings. The Morgan fingerprint density at radius 1 is 1.08 bits per heavy atom. The summed E-state index contributed by atoms with van der Waals surface area (Å²) in [5.41, 5.74) is 2.32. The third-order valence-corrected chi connectivity index (χ3v) is 8.19. The number of carbonyl (C=O) groups is 2. The zero-order valence-electron chi connectivity index (χ0n) is 23.1. The Labute approximate surface area is 218 Å². The van der Waals surface area contributed by atoms with E-state index in [-0.39, 0.29) is 29.3 Å². The molecule has 0 radical (unpaired) electrons. The molecule has 1 saturated carbocycles. The van der Waals surface area contributed by atoms with Gasteiger partial charge in [0.1, 0.15) is 0 Å². The molecule has 0 aromatic heterocycles. The lowest BCUT2D eigenvalue weighted by Gasteiger charge is -2.34. The van der Waals surface area contributed by atoms with Crippen LogP contribution in [0.15, 0.2) is 24.3 Å². The second-order valence-electron chi connectivity index (χ2n) is 12.7. The van der Waals surface area contributed by atoms with Crippen molar-refractivity contribution in [2.45, 2.75) is 91.3 Å². The summed E-state index contributed by atoms with van der Waals surface area (Å²) in [6.45, 7) is 14.2. The summed E-state index contributed by atoms with van der Waals surface area (Å²) in [5, 5.41) is 3.37. The molecular formula is C30H48N4O2. The molecule has 2 amide bonds. The smallest absolute Gasteiger partial charge is 0.240 e. The van der Waals surface area contributed by atoms with Gasteiger partial charge >= 0.3 is 0 Å². The molecule has 2 aliphatic heterocycles. The Morgan fingerprint density at radius 2 is 1.81 bits per heavy atom. The number of nitrogens with zero attached hydrogens (tertiary/aromatic N) is 3. The highest BCUT2D eigenvalue weighted by atomic mass is 16.2. The van der Waals surface area contributed by atoms with Gasteiger partial charge in [0, 0.05) is 58.3 Å². The first-order valence-electron chi connectivity index (χ1n) is 14.3. The van der Waals surface area contributed by atoms with Crippen molar-refractivity contribution < 1.29 is 9.59 Å². The Kier molecular flexibility index (Phi) is 9.10. The van der Waals surface area contributed by atoms with Crippen LogP contribution in [0.1, 0.15) is 76.8 Å². The number of aryl methyl sites for hydroxylation is 1. The lowest BCUT2D eigenvalue weighted by Crippen LogP contribution is -2.53. The number of rotatable bonds is 7. The summed E-state index contributed by atoms with van der Waals surface area (Å²) in [4.78, 5) is 34.1. The quantitative estimate of drug-likeness (QED) is 0.614. The van der Waals surface area contributed by atoms with Crippen LogP contribution in [-0.2, 0) is 16.1 Å². The van der Waals surface area contributed by atoms with E-state index in [1.54, 1.807) is 0 Å². The summed E-state index contributed by atoms with van der Waals surface area (Å²) < 4.78 is 0. The van der Waals surface area contributed by atoms with Crippen molar-refractivity contribution in [3.63, 3.8) is 0 Å². The van der Waals surface area contributed by atoms with E-state index in [0.717, 1.165) is 45.7 Å². The van der Waals surface area contributed by atoms with Gasteiger partial charge in [-0.1, -0.05) is 69.9 Å². The van der Waals surface area contributed by atoms with Crippen LogP contribution in [0.3, 0.4) is 0 Å². The van der Waals surface area contributed by atoms with E-state index >= 15 is 0 Å². The third kappa shape index (κ3) is 7.32. The fourth-order valence-corrected chi connectivity index (χ4v) is 6.34. The number of likely N-dealkylation sites (tertiary alicyclic amines) is 1. The van der Waals surface area contributed by atoms with Crippen molar-refractivity contribution in [1.82, 2.24) is 20.0 Å². The topological polar surface area (TPSA) is 55.9 Å². The number of amides is 2. The molecular weight excluding hydrogens is 448 g/mol. The van der Waals surface area contributed by atoms with Crippen LogP contribution in [0.25, 0.3) is 0 Å². The van der Waals surface area contributed by atoms with Gasteiger partial charge in [-0.05, 0) is 43.1 Å². The van der Waals surface area contributed by atoms with Gasteiger partial charge in [0.15, 0.2) is 0 Å². The Balaban J connectivity index is 1.56. The van der Waals surface area contributed by atoms with E-state index in [2.05, 4.69) is 72.0 Å². The molecule has 200 valence electrons. The molecule has 2 saturated heterocycles. The largest absolute Gasteiger partial charge is 0.339 e. The van der Waals surface area contributed by atoms with Crippen molar-refractivity contribution in [3.8, 4) is 0 Å². The zero-order valence-corrected chi connectivity index (χ0v) is 23.1. The predicted molar refractivity (Wildman–Crippen MR) is 146 cm³/mol. The average Bonchev–Trinajstić information content (AvgIpc) is 3.25. The molecule has 1 N–H and O–H groups in total. The van der Waals surface area contributed by atoms with Crippen molar-refractivity contribution in [1.29, 1.82) is 0 Å². The molecule has 2 atom stereocenters. The van der Waals surface area contributed by atoms with E-state index in [4.69, 9.17) is 0 Å². The van der Waals surface area contributed by atoms with Crippen LogP contribution in [0.5, 0.6) is 0 Å². The minimum absolute atomic E-state index is 0.0702. The minimum Gasteiger partial charge on any atom is -0.339 e. The maximum atomic E-state index is 13.8. The van der Waals surface area contributed by atoms with Gasteiger partial charge in [0.25, 0.3) is 0 Å². The van der Waals surface area contributed by atoms with Gasteiger partial charge in [0.2, 0.25) is 11.8 Å². The maximum Gasteiger partial charge on any atom is 0.240 e. The number of benzene rings is 1. The van der Waals surface area contributed by atoms with Gasteiger partial charge in [-0.15, -0.1) is 0 Å². The summed E-state index contributed by atoms with van der Waals surface area (Å²) in [6, 6.07) is 8.46. The molecule has 36 heavy (non-hydrogen) atoms. The third-order valence-electron chi connectivity index (χ3n) is 8.19. The molecule has 2 unspecified atom stereocenters. The van der Waals surface area contributed by atoms with Crippen LogP contribution in [0.4, 0.5) is 0 Å². The van der Waals surface area contributed by atoms with Crippen molar-refractivity contribution in [2.24, 2.45) is 11.3 Å². The van der Waals surface area contributed by atoms with Crippen molar-refractivity contribution in [2.75, 3.05) is 39.3 Å². The van der Waals surface area contributed by atoms with Crippen LogP contribution in [0.2, 0.25) is 0 Å². The van der Waals surface area contributed by atoms with E-state index in [1.807, 2.05) is 0 Å². The van der Waals surface area contributed by atoms with Gasteiger partial charge < -0.3 is 15.1 Å². The summed E-state index contributed by atoms with van der Waals surface area (Å²) >= 11 is 0. The molecule has 2 heterocycles. The van der Waals surface area contributed by atoms with E-state index in [1.165, 1.54) is 43.2 Å². The normalized spacial score (nSPS) is 24.2. The van der Waals surface area contributed by atoms with Crippen molar-refractivity contribution >= 4 is 11.8 Å². The monoisotopic (exact) mass is 496 g/mol. The molecule has 6 nitrogen and oxygen atoms in total. The van der Waals surface area contributed by atoms with Gasteiger partial charge in [-0.2, -0.15) is 0 Å². The van der Waals surface area contributed by atoms with Gasteiger partial charge in [0.05, 0.1) is 6.04 Å². The molecule has 4 rings (SSSR count). The van der Waals surface area contributed by atoms with Crippen LogP contribution in [0, 0.1) is 18.3 Å². The second-order valence-corrected chi connectivity index (χ2v) is 12.7. The highest BCUT2D eigenvalue weighted by Gasteiger charge is 2.43. The van der Waals surface area contributed by atoms with Gasteiger partial charge in [-0.3, -0.25) is 14.5 Å². The molecule has 0 spiro atoms. The molecule has 3 fully saturated rings. The Bertz CT molecular complexity index is 883. The summed E-state index contributed by atoms with van der Waals surface area (Å²) in [6.07, 6.45) is 7.76. The number of carbonyl (C=O) groups excluding carboxylic acids is 2. The molecule has 1 aliphatic carbocycles. The maximum absolute atomic E-state index is 13.8. The summed E-state index contributed by atoms with van der Waals surface area (Å²) in [7, 11) is 0. The van der Waals surface area contributed by atoms with Crippen LogP contribution in [-0.4, -0.2) is 77.9 Å². The highest BCUT2D eigenvalue weighted by molar-refractivity contribution is 5.83. The van der Waals surface area contributed by atoms with E-state index in [9.17, 15) is 9.59 Å². The van der Waals surface area contributed by atoms with Gasteiger partial charge in [-0.25, -0.2) is 0 Å². The Morgan fingerprint density at radius 3 is 2.47 bits per heavy atom. The highest BCUT2D eigenvalue weighted by Crippen LogP contribution is 2.32. The number of piperazine rings is 1.